The molecule has 0 amide bonds. The minimum Gasteiger partial charge on any atom is -0.508 e. The van der Waals surface area contributed by atoms with Gasteiger partial charge in [0.25, 0.3) is 0 Å². The number of phenols is 4. The lowest BCUT2D eigenvalue weighted by Crippen LogP contribution is -2.27. The fraction of sp³-hybridized carbons (Fsp3) is 0.517. The summed E-state index contributed by atoms with van der Waals surface area (Å²) < 4.78 is 43.4. The van der Waals surface area contributed by atoms with E-state index in [1.807, 2.05) is 197 Å². The molecule has 0 spiro atoms. The number of phenolic OH excluding ortho intramolecular Hbond substituents is 4. The molecule has 12 atom stereocenters. The van der Waals surface area contributed by atoms with Gasteiger partial charge in [-0.1, -0.05) is 285 Å². The Balaban J connectivity index is 0.000000745. The Labute approximate surface area is 806 Å². The number of aromatic hydroxyl groups is 4. The summed E-state index contributed by atoms with van der Waals surface area (Å²) in [5, 5.41) is 36.6. The highest BCUT2D eigenvalue weighted by molar-refractivity contribution is 5.72. The number of ether oxygens (including phenoxy) is 8. The van der Waals surface area contributed by atoms with Crippen LogP contribution in [-0.4, -0.2) is 75.0 Å². The quantitative estimate of drug-likeness (QED) is 0.0143. The predicted octanol–water partition coefficient (Wildman–Crippen LogP) is 34.1. The van der Waals surface area contributed by atoms with Gasteiger partial charge in [0, 0.05) is 13.5 Å². The second-order valence-electron chi connectivity index (χ2n) is 37.1. The van der Waals surface area contributed by atoms with E-state index in [1.165, 1.54) is 95.5 Å². The molecular formula is C118H176O15. The molecular weight excluding hydrogens is 1660 g/mol. The van der Waals surface area contributed by atoms with Gasteiger partial charge in [-0.25, -0.2) is 4.79 Å². The number of hydrogen-bond acceptors (Lipinski definition) is 15. The molecule has 0 saturated heterocycles. The Bertz CT molecular complexity index is 4330. The third kappa shape index (κ3) is 54.8. The maximum Gasteiger partial charge on any atom is 0.514 e. The topological polar surface area (TPSA) is 206 Å². The first-order valence-corrected chi connectivity index (χ1v) is 49.5. The van der Waals surface area contributed by atoms with Gasteiger partial charge in [-0.05, 0) is 340 Å². The second kappa shape index (κ2) is 68.0. The van der Waals surface area contributed by atoms with Crippen molar-refractivity contribution in [3.63, 3.8) is 0 Å². The summed E-state index contributed by atoms with van der Waals surface area (Å²) in [5.41, 5.74) is 10.5. The molecule has 12 unspecified atom stereocenters. The summed E-state index contributed by atoms with van der Waals surface area (Å²) >= 11 is 0. The van der Waals surface area contributed by atoms with Gasteiger partial charge in [-0.15, -0.1) is 0 Å². The average Bonchev–Trinajstić information content (AvgIpc) is 0.869. The number of esters is 2. The van der Waals surface area contributed by atoms with Crippen LogP contribution < -0.4 is 18.9 Å². The molecule has 0 bridgehead atoms. The van der Waals surface area contributed by atoms with Crippen LogP contribution in [0.25, 0.3) is 0 Å². The van der Waals surface area contributed by atoms with E-state index in [-0.39, 0.29) is 36.0 Å². The van der Waals surface area contributed by atoms with E-state index in [2.05, 4.69) is 191 Å². The molecule has 1 aliphatic carbocycles. The lowest BCUT2D eigenvalue weighted by Gasteiger charge is -2.26. The summed E-state index contributed by atoms with van der Waals surface area (Å²) in [4.78, 5) is 33.4. The Morgan fingerprint density at radius 3 is 0.850 bits per heavy atom. The molecule has 1 aliphatic rings. The van der Waals surface area contributed by atoms with Gasteiger partial charge in [0.1, 0.15) is 57.2 Å². The lowest BCUT2D eigenvalue weighted by molar-refractivity contribution is -0.159. The zero-order valence-corrected chi connectivity index (χ0v) is 87.5. The van der Waals surface area contributed by atoms with Crippen LogP contribution in [0.3, 0.4) is 0 Å². The Morgan fingerprint density at radius 2 is 0.571 bits per heavy atom. The molecule has 4 N–H and O–H groups in total. The molecule has 1 saturated carbocycles. The number of hydrogen-bond donors (Lipinski definition) is 4. The monoisotopic (exact) mass is 1830 g/mol. The highest BCUT2D eigenvalue weighted by Gasteiger charge is 2.23. The van der Waals surface area contributed by atoms with Crippen LogP contribution in [0.4, 0.5) is 4.79 Å². The van der Waals surface area contributed by atoms with Gasteiger partial charge in [0.15, 0.2) is 12.6 Å². The summed E-state index contributed by atoms with van der Waals surface area (Å²) in [6.07, 6.45) is 16.6. The minimum atomic E-state index is -0.663. The Kier molecular flexibility index (Phi) is 61.8. The van der Waals surface area contributed by atoms with Crippen molar-refractivity contribution in [2.24, 2.45) is 5.92 Å². The van der Waals surface area contributed by atoms with Crippen LogP contribution >= 0.6 is 0 Å². The van der Waals surface area contributed by atoms with Crippen molar-refractivity contribution in [2.75, 3.05) is 6.61 Å². The molecule has 0 aromatic heterocycles. The molecule has 9 aromatic carbocycles. The molecule has 0 radical (unpaired) electrons. The minimum absolute atomic E-state index is 0.0224. The first kappa shape index (κ1) is 121. The number of carbonyl (C=O) groups is 3. The second-order valence-corrected chi connectivity index (χ2v) is 37.1. The summed E-state index contributed by atoms with van der Waals surface area (Å²) in [6.45, 7) is 62.1. The zero-order valence-electron chi connectivity index (χ0n) is 87.5. The summed E-state index contributed by atoms with van der Waals surface area (Å²) in [7, 11) is 0. The smallest absolute Gasteiger partial charge is 0.508 e. The maximum absolute atomic E-state index is 11.5. The van der Waals surface area contributed by atoms with Gasteiger partial charge >= 0.3 is 18.1 Å². The standard InChI is InChI=1S/C18H28O2.C15H22O3.C14H22O2.C12H16O2.4C10H14O.C10H14.C9H18O2/c1-4-14(2)16-9-8-12-18(13-16)20-15(3)19-17-10-6-5-7-11-17;1-6-11(2)12-8-7-9-13(10-12)17-14(16)18-15(3,4)5;1-5-11(3)13-8-7-9-14(10-13)16-12(4)15-6-2;1-4-9(2)11-6-5-7-12(8-11)14-10(3)13;4*1-3-8(2)9-5-4-6-10(11)7-9;1-3-9(2)10-7-5-4-6-8-10;1-6-7(2)8(10)11-9(3,4)5/h8-9,12-15,17H,4-7,10-11H2,1-3H3;7-11H,6H2,1-5H3;7-12H,5-6H2,1-4H3;5-9H,4H2,1-3H3;4*4-8,11H,3H2,1-2H3;4-9H,3H2,1-2H3;7H,6H2,1-5H3. The average molecular weight is 1830 g/mol. The molecule has 1 fully saturated rings. The van der Waals surface area contributed by atoms with E-state index in [9.17, 15) is 14.4 Å². The Morgan fingerprint density at radius 1 is 0.308 bits per heavy atom. The van der Waals surface area contributed by atoms with E-state index in [0.717, 1.165) is 69.3 Å². The fourth-order valence-electron chi connectivity index (χ4n) is 13.0. The molecule has 0 aliphatic heterocycles. The van der Waals surface area contributed by atoms with Crippen LogP contribution in [0.1, 0.15) is 407 Å². The van der Waals surface area contributed by atoms with Crippen molar-refractivity contribution in [3.8, 4) is 46.0 Å². The number of rotatable bonds is 30. The van der Waals surface area contributed by atoms with Crippen molar-refractivity contribution in [1.82, 2.24) is 0 Å². The molecule has 10 rings (SSSR count). The molecule has 133 heavy (non-hydrogen) atoms. The highest BCUT2D eigenvalue weighted by Crippen LogP contribution is 2.32. The van der Waals surface area contributed by atoms with Crippen molar-refractivity contribution >= 4 is 18.1 Å². The van der Waals surface area contributed by atoms with Gasteiger partial charge in [0.2, 0.25) is 0 Å². The normalized spacial score (nSPS) is 14.2. The van der Waals surface area contributed by atoms with Crippen molar-refractivity contribution in [1.29, 1.82) is 0 Å². The zero-order chi connectivity index (χ0) is 100. The SMILES string of the molecule is CCC(C)C(=O)OC(C)(C)C.CCC(C)c1cccc(O)c1.CCC(C)c1cccc(O)c1.CCC(C)c1cccc(O)c1.CCC(C)c1cccc(O)c1.CCC(C)c1cccc(OC(=O)OC(C)(C)C)c1.CCC(C)c1cccc(OC(C)=O)c1.CCC(C)c1cccc(OC(C)OC2CCCCC2)c1.CCC(C)c1ccccc1.CCOC(C)Oc1cccc(C(C)CC)c1. The maximum atomic E-state index is 11.5. The Hall–Kier alpha value is -10.1. The first-order chi connectivity index (χ1) is 63.0. The van der Waals surface area contributed by atoms with Crippen LogP contribution in [-0.2, 0) is 28.5 Å². The van der Waals surface area contributed by atoms with Gasteiger partial charge < -0.3 is 58.3 Å². The van der Waals surface area contributed by atoms with Crippen molar-refractivity contribution < 1.29 is 72.7 Å². The van der Waals surface area contributed by atoms with Crippen LogP contribution in [0.15, 0.2) is 224 Å². The summed E-state index contributed by atoms with van der Waals surface area (Å²) in [6, 6.07) is 72.4. The molecule has 0 heterocycles. The summed E-state index contributed by atoms with van der Waals surface area (Å²) in [5.74, 6) is 9.07. The third-order valence-corrected chi connectivity index (χ3v) is 23.6. The van der Waals surface area contributed by atoms with Crippen LogP contribution in [0.2, 0.25) is 0 Å². The number of carbonyl (C=O) groups excluding carboxylic acids is 3. The number of benzene rings is 9. The van der Waals surface area contributed by atoms with Gasteiger partial charge in [0.05, 0.1) is 12.0 Å². The van der Waals surface area contributed by atoms with E-state index in [4.69, 9.17) is 58.3 Å². The van der Waals surface area contributed by atoms with E-state index < -0.39 is 11.8 Å². The van der Waals surface area contributed by atoms with E-state index >= 15 is 0 Å². The molecule has 15 nitrogen and oxygen atoms in total. The van der Waals surface area contributed by atoms with Crippen molar-refractivity contribution in [3.05, 3.63) is 275 Å². The van der Waals surface area contributed by atoms with Crippen LogP contribution in [0.5, 0.6) is 46.0 Å². The highest BCUT2D eigenvalue weighted by atomic mass is 16.7. The van der Waals surface area contributed by atoms with E-state index in [0.29, 0.717) is 100 Å². The first-order valence-electron chi connectivity index (χ1n) is 49.5. The van der Waals surface area contributed by atoms with Gasteiger partial charge in [-0.2, -0.15) is 0 Å². The van der Waals surface area contributed by atoms with Crippen LogP contribution in [0, 0.1) is 5.92 Å². The molecule has 738 valence electrons. The van der Waals surface area contributed by atoms with E-state index in [1.54, 1.807) is 36.4 Å². The predicted molar refractivity (Wildman–Crippen MR) is 556 cm³/mol. The largest absolute Gasteiger partial charge is 0.514 e. The molecule has 9 aromatic rings. The lowest BCUT2D eigenvalue weighted by atomic mass is 9.98. The van der Waals surface area contributed by atoms with Gasteiger partial charge in [-0.3, -0.25) is 9.59 Å². The third-order valence-electron chi connectivity index (χ3n) is 23.6. The van der Waals surface area contributed by atoms with Crippen molar-refractivity contribution in [2.45, 2.75) is 387 Å². The molecule has 15 heteroatoms. The fourth-order valence-corrected chi connectivity index (χ4v) is 13.0.